The van der Waals surface area contributed by atoms with Crippen LogP contribution in [0.1, 0.15) is 40.6 Å². The Kier molecular flexibility index (Phi) is 6.37. The van der Waals surface area contributed by atoms with E-state index in [0.717, 1.165) is 18.1 Å². The molecular weight excluding hydrogens is 453 g/mol. The van der Waals surface area contributed by atoms with Crippen LogP contribution in [0.5, 0.6) is 0 Å². The maximum absolute atomic E-state index is 13.1. The molecule has 13 heteroatoms. The number of hydrogen-bond donors (Lipinski definition) is 3. The summed E-state index contributed by atoms with van der Waals surface area (Å²) in [5, 5.41) is 9.50. The van der Waals surface area contributed by atoms with E-state index in [0.29, 0.717) is 50.3 Å². The molecule has 1 fully saturated rings. The first kappa shape index (κ1) is 23.4. The van der Waals surface area contributed by atoms with E-state index in [4.69, 9.17) is 11.5 Å². The van der Waals surface area contributed by atoms with Crippen molar-refractivity contribution in [3.8, 4) is 11.3 Å². The molecule has 0 saturated carbocycles. The molecule has 3 aromatic heterocycles. The molecule has 0 amide bonds. The van der Waals surface area contributed by atoms with Crippen LogP contribution in [0.25, 0.3) is 11.3 Å². The van der Waals surface area contributed by atoms with Gasteiger partial charge in [0.15, 0.2) is 0 Å². The average molecular weight is 476 g/mol. The summed E-state index contributed by atoms with van der Waals surface area (Å²) in [7, 11) is 0. The third-order valence-corrected chi connectivity index (χ3v) is 5.75. The first-order valence-electron chi connectivity index (χ1n) is 10.6. The maximum Gasteiger partial charge on any atom is 0.433 e. The Morgan fingerprint density at radius 3 is 2.59 bits per heavy atom. The van der Waals surface area contributed by atoms with Gasteiger partial charge in [-0.05, 0) is 25.0 Å². The number of aromatic nitrogens is 5. The highest BCUT2D eigenvalue weighted by Gasteiger charge is 2.33. The van der Waals surface area contributed by atoms with Crippen molar-refractivity contribution >= 4 is 17.6 Å². The van der Waals surface area contributed by atoms with Gasteiger partial charge in [0.2, 0.25) is 0 Å². The van der Waals surface area contributed by atoms with Gasteiger partial charge in [-0.1, -0.05) is 0 Å². The van der Waals surface area contributed by atoms with Crippen LogP contribution in [-0.2, 0) is 12.7 Å². The molecule has 5 N–H and O–H groups in total. The van der Waals surface area contributed by atoms with Gasteiger partial charge in [-0.3, -0.25) is 4.98 Å². The second-order valence-electron chi connectivity index (χ2n) is 7.92. The van der Waals surface area contributed by atoms with E-state index in [1.54, 1.807) is 6.20 Å². The number of piperidine rings is 1. The molecule has 1 aliphatic heterocycles. The fourth-order valence-corrected chi connectivity index (χ4v) is 4.14. The van der Waals surface area contributed by atoms with Crippen molar-refractivity contribution in [3.63, 3.8) is 0 Å². The molecule has 1 saturated heterocycles. The topological polar surface area (TPSA) is 149 Å². The number of hydrogen-bond acceptors (Lipinski definition) is 8. The molecule has 1 aliphatic rings. The fourth-order valence-electron chi connectivity index (χ4n) is 4.14. The number of alkyl halides is 3. The second-order valence-corrected chi connectivity index (χ2v) is 7.92. The zero-order valence-electron chi connectivity index (χ0n) is 18.0. The van der Waals surface area contributed by atoms with Crippen LogP contribution in [0, 0.1) is 0 Å². The molecule has 0 unspecified atom stereocenters. The summed E-state index contributed by atoms with van der Waals surface area (Å²) in [6.07, 6.45) is 0.768. The van der Waals surface area contributed by atoms with Gasteiger partial charge >= 0.3 is 12.1 Å². The van der Waals surface area contributed by atoms with Crippen molar-refractivity contribution in [1.29, 1.82) is 0 Å². The number of carboxylic acid groups (broad SMARTS) is 1. The number of nitrogen functional groups attached to an aromatic ring is 1. The van der Waals surface area contributed by atoms with Gasteiger partial charge in [0.1, 0.15) is 35.0 Å². The molecule has 180 valence electrons. The van der Waals surface area contributed by atoms with Gasteiger partial charge in [0.05, 0.1) is 5.69 Å². The summed E-state index contributed by atoms with van der Waals surface area (Å²) >= 11 is 0. The molecule has 10 nitrogen and oxygen atoms in total. The van der Waals surface area contributed by atoms with Crippen LogP contribution in [-0.4, -0.2) is 55.2 Å². The Balaban J connectivity index is 1.58. The summed E-state index contributed by atoms with van der Waals surface area (Å²) in [4.78, 5) is 29.4. The smallest absolute Gasteiger partial charge is 0.433 e. The first-order chi connectivity index (χ1) is 16.2. The Morgan fingerprint density at radius 1 is 1.21 bits per heavy atom. The summed E-state index contributed by atoms with van der Waals surface area (Å²) < 4.78 is 41.2. The lowest BCUT2D eigenvalue weighted by Crippen LogP contribution is -2.35. The van der Waals surface area contributed by atoms with Gasteiger partial charge in [0.25, 0.3) is 0 Å². The van der Waals surface area contributed by atoms with E-state index in [9.17, 15) is 23.1 Å². The second kappa shape index (κ2) is 9.25. The lowest BCUT2D eigenvalue weighted by Gasteiger charge is -2.33. The summed E-state index contributed by atoms with van der Waals surface area (Å²) in [5.41, 5.74) is 11.1. The molecule has 0 spiro atoms. The number of nitrogens with two attached hydrogens (primary N) is 2. The maximum atomic E-state index is 13.1. The van der Waals surface area contributed by atoms with Crippen LogP contribution in [0.2, 0.25) is 0 Å². The van der Waals surface area contributed by atoms with Crippen molar-refractivity contribution < 1.29 is 23.1 Å². The van der Waals surface area contributed by atoms with Crippen LogP contribution < -0.4 is 16.4 Å². The molecule has 0 bridgehead atoms. The monoisotopic (exact) mass is 476 g/mol. The fraction of sp³-hybridized carbons (Fsp3) is 0.381. The van der Waals surface area contributed by atoms with Crippen molar-refractivity contribution in [2.45, 2.75) is 31.5 Å². The summed E-state index contributed by atoms with van der Waals surface area (Å²) in [6.45, 7) is 1.80. The minimum absolute atomic E-state index is 0.00735. The standard InChI is InChI=1S/C21H23F3N8O2/c22-21(23,24)15-9-13(1-5-27-15)14-10-32(8-4-25)18(30-14)12-2-6-31(7-3-12)19-16(20(33)34)17(26)28-11-29-19/h1,5,9-12H,2-4,6-8,25H2,(H,33,34)(H2,26,28,29). The zero-order valence-corrected chi connectivity index (χ0v) is 18.0. The van der Waals surface area contributed by atoms with Gasteiger partial charge < -0.3 is 26.0 Å². The van der Waals surface area contributed by atoms with E-state index in [1.807, 2.05) is 9.47 Å². The van der Waals surface area contributed by atoms with Crippen LogP contribution in [0.4, 0.5) is 24.8 Å². The molecule has 0 aromatic carbocycles. The number of nitrogens with zero attached hydrogens (tertiary/aromatic N) is 6. The number of carbonyl (C=O) groups is 1. The molecule has 4 rings (SSSR count). The number of carboxylic acids is 1. The van der Waals surface area contributed by atoms with Crippen molar-refractivity contribution in [2.75, 3.05) is 30.3 Å². The average Bonchev–Trinajstić information content (AvgIpc) is 3.22. The summed E-state index contributed by atoms with van der Waals surface area (Å²) in [5.74, 6) is -0.299. The van der Waals surface area contributed by atoms with Crippen molar-refractivity contribution in [2.24, 2.45) is 5.73 Å². The minimum atomic E-state index is -4.55. The third-order valence-electron chi connectivity index (χ3n) is 5.75. The van der Waals surface area contributed by atoms with Crippen molar-refractivity contribution in [1.82, 2.24) is 24.5 Å². The Hall–Kier alpha value is -3.74. The highest BCUT2D eigenvalue weighted by molar-refractivity contribution is 5.98. The van der Waals surface area contributed by atoms with Crippen LogP contribution >= 0.6 is 0 Å². The third kappa shape index (κ3) is 4.64. The van der Waals surface area contributed by atoms with Gasteiger partial charge in [-0.2, -0.15) is 13.2 Å². The van der Waals surface area contributed by atoms with Gasteiger partial charge in [0, 0.05) is 50.1 Å². The Morgan fingerprint density at radius 2 is 1.94 bits per heavy atom. The van der Waals surface area contributed by atoms with E-state index >= 15 is 0 Å². The zero-order chi connectivity index (χ0) is 24.5. The van der Waals surface area contributed by atoms with E-state index in [1.165, 1.54) is 12.4 Å². The number of rotatable bonds is 6. The highest BCUT2D eigenvalue weighted by Crippen LogP contribution is 2.34. The van der Waals surface area contributed by atoms with Crippen LogP contribution in [0.3, 0.4) is 0 Å². The molecule has 4 heterocycles. The van der Waals surface area contributed by atoms with E-state index in [2.05, 4.69) is 19.9 Å². The van der Waals surface area contributed by atoms with Crippen LogP contribution in [0.15, 0.2) is 30.9 Å². The van der Waals surface area contributed by atoms with Gasteiger partial charge in [-0.15, -0.1) is 0 Å². The van der Waals surface area contributed by atoms with Crippen molar-refractivity contribution in [3.05, 3.63) is 47.9 Å². The normalized spacial score (nSPS) is 15.0. The number of halogens is 3. The Bertz CT molecular complexity index is 1190. The van der Waals surface area contributed by atoms with Gasteiger partial charge in [-0.25, -0.2) is 19.7 Å². The molecular formula is C21H23F3N8O2. The molecule has 0 radical (unpaired) electrons. The predicted molar refractivity (Wildman–Crippen MR) is 117 cm³/mol. The number of aromatic carboxylic acids is 1. The van der Waals surface area contributed by atoms with E-state index < -0.39 is 17.8 Å². The lowest BCUT2D eigenvalue weighted by atomic mass is 9.95. The molecule has 0 aliphatic carbocycles. The Labute approximate surface area is 192 Å². The molecule has 0 atom stereocenters. The lowest BCUT2D eigenvalue weighted by molar-refractivity contribution is -0.141. The highest BCUT2D eigenvalue weighted by atomic mass is 19.4. The number of pyridine rings is 1. The largest absolute Gasteiger partial charge is 0.477 e. The molecule has 34 heavy (non-hydrogen) atoms. The summed E-state index contributed by atoms with van der Waals surface area (Å²) in [6, 6.07) is 2.47. The first-order valence-corrected chi connectivity index (χ1v) is 10.6. The quantitative estimate of drug-likeness (QED) is 0.487. The predicted octanol–water partition coefficient (Wildman–Crippen LogP) is 2.38. The number of imidazole rings is 1. The SMILES string of the molecule is NCCn1cc(-c2ccnc(C(F)(F)F)c2)nc1C1CCN(c2ncnc(N)c2C(=O)O)CC1. The number of anilines is 2. The molecule has 3 aromatic rings. The van der Waals surface area contributed by atoms with E-state index in [-0.39, 0.29) is 23.1 Å². The minimum Gasteiger partial charge on any atom is -0.477 e.